The van der Waals surface area contributed by atoms with Gasteiger partial charge >= 0.3 is 0 Å². The summed E-state index contributed by atoms with van der Waals surface area (Å²) in [6.45, 7) is 0. The summed E-state index contributed by atoms with van der Waals surface area (Å²) < 4.78 is 0. The maximum Gasteiger partial charge on any atom is 0.113 e. The van der Waals surface area contributed by atoms with Gasteiger partial charge in [-0.15, -0.1) is 0 Å². The Morgan fingerprint density at radius 1 is 0.808 bits per heavy atom. The van der Waals surface area contributed by atoms with E-state index in [2.05, 4.69) is 36.4 Å². The highest BCUT2D eigenvalue weighted by Crippen LogP contribution is 2.38. The Hall–Kier alpha value is -2.00. The van der Waals surface area contributed by atoms with Crippen LogP contribution in [0, 0.1) is 0 Å². The van der Waals surface area contributed by atoms with E-state index in [9.17, 15) is 0 Å². The van der Waals surface area contributed by atoms with E-state index < -0.39 is 0 Å². The first-order chi connectivity index (χ1) is 12.7. The lowest BCUT2D eigenvalue weighted by atomic mass is 9.98. The summed E-state index contributed by atoms with van der Waals surface area (Å²) in [5, 5.41) is 3.51. The fourth-order valence-corrected chi connectivity index (χ4v) is 3.64. The molecule has 0 radical (unpaired) electrons. The van der Waals surface area contributed by atoms with Crippen molar-refractivity contribution < 1.29 is 4.84 Å². The number of rotatable bonds is 4. The molecule has 0 saturated carbocycles. The molecular formula is C22H19Cl2NO. The molecule has 3 aromatic carbocycles. The average Bonchev–Trinajstić information content (AvgIpc) is 3.09. The first kappa shape index (κ1) is 17.4. The van der Waals surface area contributed by atoms with Crippen LogP contribution in [-0.2, 0) is 11.3 Å². The van der Waals surface area contributed by atoms with Crippen LogP contribution in [-0.4, -0.2) is 6.04 Å². The van der Waals surface area contributed by atoms with Crippen molar-refractivity contribution in [3.8, 4) is 0 Å². The van der Waals surface area contributed by atoms with Gasteiger partial charge in [-0.3, -0.25) is 9.90 Å². The van der Waals surface area contributed by atoms with Crippen molar-refractivity contribution in [2.75, 3.05) is 5.06 Å². The molecule has 1 heterocycles. The van der Waals surface area contributed by atoms with Gasteiger partial charge in [0.15, 0.2) is 0 Å². The van der Waals surface area contributed by atoms with Crippen LogP contribution in [0.5, 0.6) is 0 Å². The van der Waals surface area contributed by atoms with Crippen LogP contribution in [0.3, 0.4) is 0 Å². The second-order valence-corrected chi connectivity index (χ2v) is 7.40. The largest absolute Gasteiger partial charge is 0.265 e. The molecule has 1 aliphatic rings. The van der Waals surface area contributed by atoms with Gasteiger partial charge in [0, 0.05) is 16.5 Å². The number of hydroxylamine groups is 1. The SMILES string of the molecule is Clc1ccc(C[C@@H]2C[C@H](c3ccccc3)ON2c2ccc(Cl)cc2)cc1. The number of halogens is 2. The average molecular weight is 384 g/mol. The second-order valence-electron chi connectivity index (χ2n) is 6.53. The Balaban J connectivity index is 1.61. The van der Waals surface area contributed by atoms with E-state index in [4.69, 9.17) is 28.0 Å². The molecule has 0 aromatic heterocycles. The van der Waals surface area contributed by atoms with Crippen LogP contribution in [0.2, 0.25) is 10.0 Å². The van der Waals surface area contributed by atoms with Crippen LogP contribution < -0.4 is 5.06 Å². The molecule has 4 heteroatoms. The number of nitrogens with zero attached hydrogens (tertiary/aromatic N) is 1. The molecule has 2 atom stereocenters. The second kappa shape index (κ2) is 7.71. The molecule has 1 aliphatic heterocycles. The van der Waals surface area contributed by atoms with Crippen LogP contribution >= 0.6 is 23.2 Å². The summed E-state index contributed by atoms with van der Waals surface area (Å²) in [5.41, 5.74) is 3.47. The summed E-state index contributed by atoms with van der Waals surface area (Å²) in [4.78, 5) is 6.35. The molecule has 0 unspecified atom stereocenters. The third kappa shape index (κ3) is 3.88. The molecule has 0 aliphatic carbocycles. The lowest BCUT2D eigenvalue weighted by Crippen LogP contribution is -2.29. The molecular weight excluding hydrogens is 365 g/mol. The number of benzene rings is 3. The van der Waals surface area contributed by atoms with E-state index in [-0.39, 0.29) is 12.1 Å². The van der Waals surface area contributed by atoms with Gasteiger partial charge in [-0.2, -0.15) is 0 Å². The van der Waals surface area contributed by atoms with E-state index in [0.29, 0.717) is 0 Å². The summed E-state index contributed by atoms with van der Waals surface area (Å²) >= 11 is 12.1. The number of hydrogen-bond acceptors (Lipinski definition) is 2. The van der Waals surface area contributed by atoms with Crippen molar-refractivity contribution in [3.63, 3.8) is 0 Å². The first-order valence-electron chi connectivity index (χ1n) is 8.70. The third-order valence-corrected chi connectivity index (χ3v) is 5.20. The maximum absolute atomic E-state index is 6.35. The molecule has 0 N–H and O–H groups in total. The summed E-state index contributed by atoms with van der Waals surface area (Å²) in [7, 11) is 0. The predicted octanol–water partition coefficient (Wildman–Crippen LogP) is 6.49. The molecule has 2 nitrogen and oxygen atoms in total. The fourth-order valence-electron chi connectivity index (χ4n) is 3.39. The maximum atomic E-state index is 6.35. The molecule has 4 rings (SSSR count). The van der Waals surface area contributed by atoms with Gasteiger partial charge in [-0.1, -0.05) is 65.7 Å². The van der Waals surface area contributed by atoms with Gasteiger partial charge in [0.05, 0.1) is 11.7 Å². The number of hydrogen-bond donors (Lipinski definition) is 0. The Kier molecular flexibility index (Phi) is 5.16. The standard InChI is InChI=1S/C22H19Cl2NO/c23-18-8-6-16(7-9-18)14-21-15-22(17-4-2-1-3-5-17)26-25(21)20-12-10-19(24)11-13-20/h1-13,21-22H,14-15H2/t21-,22-/m1/s1. The van der Waals surface area contributed by atoms with Gasteiger partial charge in [-0.25, -0.2) is 0 Å². The van der Waals surface area contributed by atoms with Gasteiger partial charge in [0.25, 0.3) is 0 Å². The Bertz CT molecular complexity index is 850. The van der Waals surface area contributed by atoms with Crippen LogP contribution in [0.1, 0.15) is 23.7 Å². The van der Waals surface area contributed by atoms with Crippen molar-refractivity contribution >= 4 is 28.9 Å². The van der Waals surface area contributed by atoms with Crippen molar-refractivity contribution in [3.05, 3.63) is 100 Å². The molecule has 1 saturated heterocycles. The lowest BCUT2D eigenvalue weighted by molar-refractivity contribution is 0.0836. The lowest BCUT2D eigenvalue weighted by Gasteiger charge is -2.25. The van der Waals surface area contributed by atoms with E-state index in [1.165, 1.54) is 11.1 Å². The van der Waals surface area contributed by atoms with Gasteiger partial charge in [-0.05, 0) is 53.9 Å². The van der Waals surface area contributed by atoms with Crippen molar-refractivity contribution in [1.82, 2.24) is 0 Å². The van der Waals surface area contributed by atoms with Crippen molar-refractivity contribution in [2.24, 2.45) is 0 Å². The van der Waals surface area contributed by atoms with Gasteiger partial charge in [0.2, 0.25) is 0 Å². The number of anilines is 1. The Morgan fingerprint density at radius 3 is 2.08 bits per heavy atom. The molecule has 26 heavy (non-hydrogen) atoms. The molecule has 0 bridgehead atoms. The molecule has 0 amide bonds. The highest BCUT2D eigenvalue weighted by molar-refractivity contribution is 6.30. The highest BCUT2D eigenvalue weighted by Gasteiger charge is 2.34. The van der Waals surface area contributed by atoms with Crippen LogP contribution in [0.15, 0.2) is 78.9 Å². The topological polar surface area (TPSA) is 12.5 Å². The molecule has 1 fully saturated rings. The highest BCUT2D eigenvalue weighted by atomic mass is 35.5. The monoisotopic (exact) mass is 383 g/mol. The van der Waals surface area contributed by atoms with Gasteiger partial charge < -0.3 is 0 Å². The van der Waals surface area contributed by atoms with Gasteiger partial charge in [0.1, 0.15) is 6.10 Å². The normalized spacial score (nSPS) is 19.7. The predicted molar refractivity (Wildman–Crippen MR) is 108 cm³/mol. The minimum absolute atomic E-state index is 0.0455. The first-order valence-corrected chi connectivity index (χ1v) is 9.45. The molecule has 3 aromatic rings. The van der Waals surface area contributed by atoms with Crippen molar-refractivity contribution in [2.45, 2.75) is 25.0 Å². The zero-order chi connectivity index (χ0) is 17.9. The van der Waals surface area contributed by atoms with E-state index in [0.717, 1.165) is 28.6 Å². The smallest absolute Gasteiger partial charge is 0.113 e. The van der Waals surface area contributed by atoms with Crippen molar-refractivity contribution in [1.29, 1.82) is 0 Å². The minimum atomic E-state index is 0.0455. The zero-order valence-corrected chi connectivity index (χ0v) is 15.7. The van der Waals surface area contributed by atoms with E-state index >= 15 is 0 Å². The summed E-state index contributed by atoms with van der Waals surface area (Å²) in [5.74, 6) is 0. The van der Waals surface area contributed by atoms with Crippen LogP contribution in [0.4, 0.5) is 5.69 Å². The summed E-state index contributed by atoms with van der Waals surface area (Å²) in [6.07, 6.45) is 1.86. The Labute approximate surface area is 163 Å². The quantitative estimate of drug-likeness (QED) is 0.510. The molecule has 132 valence electrons. The third-order valence-electron chi connectivity index (χ3n) is 4.70. The van der Waals surface area contributed by atoms with E-state index in [1.807, 2.05) is 47.5 Å². The fraction of sp³-hybridized carbons (Fsp3) is 0.182. The zero-order valence-electron chi connectivity index (χ0n) is 14.2. The summed E-state index contributed by atoms with van der Waals surface area (Å²) in [6, 6.07) is 26.5. The van der Waals surface area contributed by atoms with E-state index in [1.54, 1.807) is 0 Å². The molecule has 0 spiro atoms. The Morgan fingerprint density at radius 2 is 1.42 bits per heavy atom. The van der Waals surface area contributed by atoms with Crippen LogP contribution in [0.25, 0.3) is 0 Å². The minimum Gasteiger partial charge on any atom is -0.265 e.